The summed E-state index contributed by atoms with van der Waals surface area (Å²) in [5.41, 5.74) is 2.30. The Morgan fingerprint density at radius 2 is 1.64 bits per heavy atom. The summed E-state index contributed by atoms with van der Waals surface area (Å²) in [5.74, 6) is 1.95. The number of rotatable bonds is 7. The average molecular weight is 385 g/mol. The average Bonchev–Trinajstić information content (AvgIpc) is 2.74. The summed E-state index contributed by atoms with van der Waals surface area (Å²) < 4.78 is 10.7. The van der Waals surface area contributed by atoms with Crippen molar-refractivity contribution < 1.29 is 19.2 Å². The van der Waals surface area contributed by atoms with Crippen molar-refractivity contribution in [2.45, 2.75) is 6.54 Å². The minimum Gasteiger partial charge on any atom is -0.497 e. The second-order valence-corrected chi connectivity index (χ2v) is 7.20. The summed E-state index contributed by atoms with van der Waals surface area (Å²) in [6.45, 7) is 4.45. The maximum absolute atomic E-state index is 12.7. The van der Waals surface area contributed by atoms with E-state index >= 15 is 0 Å². The number of carbonyl (C=O) groups is 1. The van der Waals surface area contributed by atoms with Crippen LogP contribution in [-0.4, -0.2) is 64.8 Å². The summed E-state index contributed by atoms with van der Waals surface area (Å²) in [6.07, 6.45) is 0. The monoisotopic (exact) mass is 384 g/mol. The molecule has 2 aromatic rings. The molecule has 1 heterocycles. The fourth-order valence-electron chi connectivity index (χ4n) is 3.61. The summed E-state index contributed by atoms with van der Waals surface area (Å²) in [6, 6.07) is 16.1. The Kier molecular flexibility index (Phi) is 6.76. The molecule has 2 aromatic carbocycles. The molecule has 0 aromatic heterocycles. The van der Waals surface area contributed by atoms with E-state index < -0.39 is 0 Å². The lowest BCUT2D eigenvalue weighted by Gasteiger charge is -2.36. The Labute approximate surface area is 167 Å². The van der Waals surface area contributed by atoms with Gasteiger partial charge in [0.1, 0.15) is 18.0 Å². The van der Waals surface area contributed by atoms with Gasteiger partial charge in [-0.3, -0.25) is 4.79 Å². The van der Waals surface area contributed by atoms with Gasteiger partial charge in [-0.25, -0.2) is 0 Å². The molecule has 0 spiro atoms. The third-order valence-electron chi connectivity index (χ3n) is 5.18. The number of para-hydroxylation sites is 2. The quantitative estimate of drug-likeness (QED) is 0.776. The van der Waals surface area contributed by atoms with E-state index in [1.54, 1.807) is 14.2 Å². The number of quaternary nitrogens is 1. The van der Waals surface area contributed by atoms with Crippen molar-refractivity contribution >= 4 is 11.6 Å². The van der Waals surface area contributed by atoms with E-state index in [1.165, 1.54) is 10.5 Å². The Morgan fingerprint density at radius 1 is 0.964 bits per heavy atom. The molecular weight excluding hydrogens is 354 g/mol. The number of amides is 1. The maximum Gasteiger partial charge on any atom is 0.277 e. The topological polar surface area (TPSA) is 46.5 Å². The van der Waals surface area contributed by atoms with Gasteiger partial charge in [0, 0.05) is 31.7 Å². The molecule has 28 heavy (non-hydrogen) atoms. The molecule has 0 aliphatic carbocycles. The van der Waals surface area contributed by atoms with Gasteiger partial charge < -0.3 is 24.2 Å². The van der Waals surface area contributed by atoms with Crippen LogP contribution in [0.5, 0.6) is 11.5 Å². The predicted molar refractivity (Wildman–Crippen MR) is 110 cm³/mol. The largest absolute Gasteiger partial charge is 0.497 e. The zero-order valence-electron chi connectivity index (χ0n) is 17.0. The van der Waals surface area contributed by atoms with E-state index in [1.807, 2.05) is 35.2 Å². The van der Waals surface area contributed by atoms with Crippen LogP contribution in [0.2, 0.25) is 0 Å². The molecule has 6 heteroatoms. The fourth-order valence-corrected chi connectivity index (χ4v) is 3.61. The van der Waals surface area contributed by atoms with Gasteiger partial charge in [-0.1, -0.05) is 12.1 Å². The van der Waals surface area contributed by atoms with Crippen LogP contribution in [-0.2, 0) is 11.3 Å². The number of hydrogen-bond acceptors (Lipinski definition) is 4. The summed E-state index contributed by atoms with van der Waals surface area (Å²) >= 11 is 0. The molecule has 0 bridgehead atoms. The van der Waals surface area contributed by atoms with Gasteiger partial charge in [-0.05, 0) is 36.4 Å². The summed E-state index contributed by atoms with van der Waals surface area (Å²) in [7, 11) is 5.42. The molecule has 1 amide bonds. The van der Waals surface area contributed by atoms with Crippen LogP contribution in [0.1, 0.15) is 5.56 Å². The van der Waals surface area contributed by atoms with Crippen molar-refractivity contribution in [2.75, 3.05) is 58.9 Å². The van der Waals surface area contributed by atoms with Gasteiger partial charge >= 0.3 is 0 Å². The van der Waals surface area contributed by atoms with Crippen molar-refractivity contribution in [3.63, 3.8) is 0 Å². The molecule has 1 aliphatic rings. The Bertz CT molecular complexity index is 771. The lowest BCUT2D eigenvalue weighted by atomic mass is 10.2. The van der Waals surface area contributed by atoms with Crippen molar-refractivity contribution in [3.05, 3.63) is 54.1 Å². The lowest BCUT2D eigenvalue weighted by Crippen LogP contribution is -3.09. The fraction of sp³-hybridized carbons (Fsp3) is 0.409. The molecule has 0 radical (unpaired) electrons. The van der Waals surface area contributed by atoms with E-state index in [9.17, 15) is 4.79 Å². The number of methoxy groups -OCH3 is 2. The first-order valence-corrected chi connectivity index (χ1v) is 9.70. The van der Waals surface area contributed by atoms with E-state index in [2.05, 4.69) is 30.1 Å². The second kappa shape index (κ2) is 9.46. The zero-order valence-corrected chi connectivity index (χ0v) is 17.0. The number of benzene rings is 2. The molecule has 1 unspecified atom stereocenters. The van der Waals surface area contributed by atoms with Crippen molar-refractivity contribution in [1.29, 1.82) is 0 Å². The van der Waals surface area contributed by atoms with Gasteiger partial charge in [-0.15, -0.1) is 0 Å². The second-order valence-electron chi connectivity index (χ2n) is 7.20. The summed E-state index contributed by atoms with van der Waals surface area (Å²) in [5, 5.41) is 0. The van der Waals surface area contributed by atoms with Crippen LogP contribution in [0.4, 0.5) is 5.69 Å². The third kappa shape index (κ3) is 4.95. The van der Waals surface area contributed by atoms with Crippen molar-refractivity contribution in [3.8, 4) is 11.5 Å². The van der Waals surface area contributed by atoms with Crippen molar-refractivity contribution in [2.24, 2.45) is 0 Å². The van der Waals surface area contributed by atoms with Gasteiger partial charge in [0.25, 0.3) is 5.91 Å². The number of likely N-dealkylation sites (N-methyl/N-ethyl adjacent to an activating group) is 1. The van der Waals surface area contributed by atoms with Crippen molar-refractivity contribution in [1.82, 2.24) is 4.90 Å². The van der Waals surface area contributed by atoms with Gasteiger partial charge in [0.2, 0.25) is 0 Å². The van der Waals surface area contributed by atoms with E-state index in [4.69, 9.17) is 9.47 Å². The first-order chi connectivity index (χ1) is 13.6. The molecule has 0 saturated carbocycles. The molecule has 1 N–H and O–H groups in total. The highest BCUT2D eigenvalue weighted by Gasteiger charge is 2.24. The number of hydrogen-bond donors (Lipinski definition) is 1. The minimum atomic E-state index is 0.214. The highest BCUT2D eigenvalue weighted by atomic mass is 16.5. The van der Waals surface area contributed by atoms with Gasteiger partial charge in [0.15, 0.2) is 6.54 Å². The number of carbonyl (C=O) groups excluding carboxylic acids is 1. The van der Waals surface area contributed by atoms with E-state index in [-0.39, 0.29) is 5.91 Å². The smallest absolute Gasteiger partial charge is 0.277 e. The lowest BCUT2D eigenvalue weighted by molar-refractivity contribution is -0.885. The molecule has 3 rings (SSSR count). The molecular formula is C22H30N3O3+. The Morgan fingerprint density at radius 3 is 2.29 bits per heavy atom. The van der Waals surface area contributed by atoms with Crippen LogP contribution in [0, 0.1) is 0 Å². The van der Waals surface area contributed by atoms with Gasteiger partial charge in [0.05, 0.1) is 27.0 Å². The molecule has 1 atom stereocenters. The van der Waals surface area contributed by atoms with Crippen LogP contribution in [0.25, 0.3) is 0 Å². The number of anilines is 1. The number of nitrogens with one attached hydrogen (secondary N) is 1. The first-order valence-electron chi connectivity index (χ1n) is 9.70. The van der Waals surface area contributed by atoms with Crippen LogP contribution in [0.15, 0.2) is 48.5 Å². The number of piperazine rings is 1. The molecule has 6 nitrogen and oxygen atoms in total. The zero-order chi connectivity index (χ0) is 19.9. The normalized spacial score (nSPS) is 15.2. The van der Waals surface area contributed by atoms with Crippen LogP contribution in [0.3, 0.4) is 0 Å². The first kappa shape index (κ1) is 20.0. The molecule has 1 fully saturated rings. The van der Waals surface area contributed by atoms with E-state index in [0.717, 1.165) is 49.9 Å². The number of nitrogens with zero attached hydrogens (tertiary/aromatic N) is 2. The Hall–Kier alpha value is -2.73. The Balaban J connectivity index is 1.49. The molecule has 1 saturated heterocycles. The number of ether oxygens (including phenoxy) is 2. The van der Waals surface area contributed by atoms with Crippen LogP contribution >= 0.6 is 0 Å². The molecule has 1 aliphatic heterocycles. The minimum absolute atomic E-state index is 0.214. The standard InChI is InChI=1S/C22H29N3O3/c1-23(16-18-8-10-19(27-2)11-9-18)17-22(26)25-14-12-24(13-15-25)20-6-4-5-7-21(20)28-3/h4-11H,12-17H2,1-3H3/p+1. The highest BCUT2D eigenvalue weighted by molar-refractivity contribution is 5.77. The maximum atomic E-state index is 12.7. The third-order valence-corrected chi connectivity index (χ3v) is 5.18. The van der Waals surface area contributed by atoms with Crippen LogP contribution < -0.4 is 19.3 Å². The van der Waals surface area contributed by atoms with E-state index in [0.29, 0.717) is 6.54 Å². The summed E-state index contributed by atoms with van der Waals surface area (Å²) in [4.78, 5) is 18.2. The SMILES string of the molecule is COc1ccc(C[NH+](C)CC(=O)N2CCN(c3ccccc3OC)CC2)cc1. The molecule has 150 valence electrons. The highest BCUT2D eigenvalue weighted by Crippen LogP contribution is 2.28. The van der Waals surface area contributed by atoms with Gasteiger partial charge in [-0.2, -0.15) is 0 Å². The predicted octanol–water partition coefficient (Wildman–Crippen LogP) is 1.07.